The second-order valence-electron chi connectivity index (χ2n) is 1.86. The average Bonchev–Trinajstić information content (AvgIpc) is 1.99. The van der Waals surface area contributed by atoms with Crippen LogP contribution >= 0.6 is 0 Å². The summed E-state index contributed by atoms with van der Waals surface area (Å²) in [6.07, 6.45) is 4.46. The molecule has 0 aliphatic rings. The molecule has 1 N–H and O–H groups in total. The van der Waals surface area contributed by atoms with Crippen LogP contribution in [0.25, 0.3) is 0 Å². The molecule has 0 aromatic heterocycles. The molecule has 0 saturated heterocycles. The molecule has 0 fully saturated rings. The lowest BCUT2D eigenvalue weighted by atomic mass is 10.4. The SMILES string of the molecule is CNC(C/C=C/OC)OC. The molecular weight excluding hydrogens is 130 g/mol. The normalized spacial score (nSPS) is 13.9. The molecule has 0 aromatic carbocycles. The highest BCUT2D eigenvalue weighted by atomic mass is 16.5. The molecule has 0 aliphatic heterocycles. The molecule has 0 heterocycles. The van der Waals surface area contributed by atoms with Crippen LogP contribution in [-0.4, -0.2) is 27.5 Å². The van der Waals surface area contributed by atoms with E-state index in [9.17, 15) is 0 Å². The van der Waals surface area contributed by atoms with E-state index in [1.165, 1.54) is 0 Å². The maximum Gasteiger partial charge on any atom is 0.111 e. The maximum atomic E-state index is 5.03. The van der Waals surface area contributed by atoms with Crippen molar-refractivity contribution >= 4 is 0 Å². The molecule has 1 atom stereocenters. The van der Waals surface area contributed by atoms with Gasteiger partial charge >= 0.3 is 0 Å². The summed E-state index contributed by atoms with van der Waals surface area (Å²) < 4.78 is 9.75. The van der Waals surface area contributed by atoms with Crippen LogP contribution < -0.4 is 5.32 Å². The molecule has 0 radical (unpaired) electrons. The zero-order valence-electron chi connectivity index (χ0n) is 6.76. The predicted octanol–water partition coefficient (Wildman–Crippen LogP) is 0.728. The van der Waals surface area contributed by atoms with E-state index in [4.69, 9.17) is 9.47 Å². The second-order valence-corrected chi connectivity index (χ2v) is 1.86. The van der Waals surface area contributed by atoms with Crippen LogP contribution in [0.1, 0.15) is 6.42 Å². The largest absolute Gasteiger partial charge is 0.505 e. The van der Waals surface area contributed by atoms with Crippen LogP contribution in [0.4, 0.5) is 0 Å². The number of rotatable bonds is 5. The van der Waals surface area contributed by atoms with E-state index in [1.54, 1.807) is 20.5 Å². The first-order valence-electron chi connectivity index (χ1n) is 3.23. The monoisotopic (exact) mass is 145 g/mol. The molecule has 0 spiro atoms. The highest BCUT2D eigenvalue weighted by Gasteiger charge is 1.97. The Kier molecular flexibility index (Phi) is 6.22. The summed E-state index contributed by atoms with van der Waals surface area (Å²) >= 11 is 0. The number of nitrogens with one attached hydrogen (secondary N) is 1. The minimum atomic E-state index is 0.0893. The molecule has 0 bridgehead atoms. The van der Waals surface area contributed by atoms with E-state index in [1.807, 2.05) is 13.1 Å². The summed E-state index contributed by atoms with van der Waals surface area (Å²) in [6.45, 7) is 0. The Morgan fingerprint density at radius 3 is 2.60 bits per heavy atom. The van der Waals surface area contributed by atoms with Crippen LogP contribution in [0, 0.1) is 0 Å². The molecule has 3 heteroatoms. The Morgan fingerprint density at radius 2 is 2.20 bits per heavy atom. The number of hydrogen-bond acceptors (Lipinski definition) is 3. The van der Waals surface area contributed by atoms with Crippen LogP contribution in [-0.2, 0) is 9.47 Å². The average molecular weight is 145 g/mol. The smallest absolute Gasteiger partial charge is 0.111 e. The van der Waals surface area contributed by atoms with Crippen molar-refractivity contribution in [3.05, 3.63) is 12.3 Å². The Hall–Kier alpha value is -0.540. The topological polar surface area (TPSA) is 30.5 Å². The highest BCUT2D eigenvalue weighted by Crippen LogP contribution is 1.92. The molecular formula is C7H15NO2. The first kappa shape index (κ1) is 9.46. The second kappa shape index (κ2) is 6.58. The summed E-state index contributed by atoms with van der Waals surface area (Å²) in [5.41, 5.74) is 0. The quantitative estimate of drug-likeness (QED) is 0.457. The van der Waals surface area contributed by atoms with Gasteiger partial charge in [-0.1, -0.05) is 0 Å². The highest BCUT2D eigenvalue weighted by molar-refractivity contribution is 4.76. The predicted molar refractivity (Wildman–Crippen MR) is 40.6 cm³/mol. The first-order valence-corrected chi connectivity index (χ1v) is 3.23. The number of methoxy groups -OCH3 is 2. The Morgan fingerprint density at radius 1 is 1.50 bits per heavy atom. The van der Waals surface area contributed by atoms with E-state index in [0.29, 0.717) is 0 Å². The van der Waals surface area contributed by atoms with E-state index in [0.717, 1.165) is 6.42 Å². The molecule has 0 aliphatic carbocycles. The van der Waals surface area contributed by atoms with Crippen molar-refractivity contribution < 1.29 is 9.47 Å². The van der Waals surface area contributed by atoms with Crippen molar-refractivity contribution in [1.29, 1.82) is 0 Å². The molecule has 10 heavy (non-hydrogen) atoms. The van der Waals surface area contributed by atoms with Crippen molar-refractivity contribution in [2.45, 2.75) is 12.6 Å². The van der Waals surface area contributed by atoms with Gasteiger partial charge in [0.1, 0.15) is 6.23 Å². The molecule has 60 valence electrons. The van der Waals surface area contributed by atoms with Crippen molar-refractivity contribution in [2.24, 2.45) is 0 Å². The van der Waals surface area contributed by atoms with Crippen LogP contribution in [0.5, 0.6) is 0 Å². The van der Waals surface area contributed by atoms with E-state index in [-0.39, 0.29) is 6.23 Å². The van der Waals surface area contributed by atoms with Gasteiger partial charge in [0.2, 0.25) is 0 Å². The fourth-order valence-corrected chi connectivity index (χ4v) is 0.607. The molecule has 0 rings (SSSR count). The molecule has 0 saturated carbocycles. The van der Waals surface area contributed by atoms with Gasteiger partial charge < -0.3 is 9.47 Å². The summed E-state index contributed by atoms with van der Waals surface area (Å²) in [6, 6.07) is 0. The molecule has 0 aromatic rings. The van der Waals surface area contributed by atoms with Crippen LogP contribution in [0.3, 0.4) is 0 Å². The minimum Gasteiger partial charge on any atom is -0.505 e. The number of ether oxygens (including phenoxy) is 2. The van der Waals surface area contributed by atoms with Crippen molar-refractivity contribution in [1.82, 2.24) is 5.32 Å². The van der Waals surface area contributed by atoms with Crippen molar-refractivity contribution in [3.8, 4) is 0 Å². The van der Waals surface area contributed by atoms with Gasteiger partial charge in [-0.25, -0.2) is 0 Å². The standard InChI is InChI=1S/C7H15NO2/c1-8-7(10-3)5-4-6-9-2/h4,6-8H,5H2,1-3H3/b6-4+. The van der Waals surface area contributed by atoms with Crippen molar-refractivity contribution in [3.63, 3.8) is 0 Å². The fraction of sp³-hybridized carbons (Fsp3) is 0.714. The molecule has 0 amide bonds. The van der Waals surface area contributed by atoms with Gasteiger partial charge in [0.25, 0.3) is 0 Å². The first-order chi connectivity index (χ1) is 4.85. The Labute approximate surface area is 62.0 Å². The lowest BCUT2D eigenvalue weighted by molar-refractivity contribution is 0.0829. The fourth-order valence-electron chi connectivity index (χ4n) is 0.607. The summed E-state index contributed by atoms with van der Waals surface area (Å²) in [4.78, 5) is 0. The lowest BCUT2D eigenvalue weighted by Gasteiger charge is -2.10. The van der Waals surface area contributed by atoms with E-state index in [2.05, 4.69) is 5.32 Å². The van der Waals surface area contributed by atoms with Gasteiger partial charge in [0.15, 0.2) is 0 Å². The van der Waals surface area contributed by atoms with Gasteiger partial charge in [-0.2, -0.15) is 0 Å². The van der Waals surface area contributed by atoms with Gasteiger partial charge in [0.05, 0.1) is 13.4 Å². The third-order valence-corrected chi connectivity index (χ3v) is 1.19. The summed E-state index contributed by atoms with van der Waals surface area (Å²) in [5, 5.41) is 2.98. The molecule has 3 nitrogen and oxygen atoms in total. The summed E-state index contributed by atoms with van der Waals surface area (Å²) in [7, 11) is 5.15. The third-order valence-electron chi connectivity index (χ3n) is 1.19. The summed E-state index contributed by atoms with van der Waals surface area (Å²) in [5.74, 6) is 0. The Bertz CT molecular complexity index is 89.6. The zero-order valence-corrected chi connectivity index (χ0v) is 6.76. The molecule has 1 unspecified atom stereocenters. The minimum absolute atomic E-state index is 0.0893. The Balaban J connectivity index is 3.34. The van der Waals surface area contributed by atoms with Crippen molar-refractivity contribution in [2.75, 3.05) is 21.3 Å². The zero-order chi connectivity index (χ0) is 7.82. The lowest BCUT2D eigenvalue weighted by Crippen LogP contribution is -2.25. The van der Waals surface area contributed by atoms with E-state index >= 15 is 0 Å². The van der Waals surface area contributed by atoms with E-state index < -0.39 is 0 Å². The van der Waals surface area contributed by atoms with Gasteiger partial charge in [-0.15, -0.1) is 0 Å². The van der Waals surface area contributed by atoms with Gasteiger partial charge in [-0.3, -0.25) is 5.32 Å². The van der Waals surface area contributed by atoms with Crippen LogP contribution in [0.2, 0.25) is 0 Å². The van der Waals surface area contributed by atoms with Crippen LogP contribution in [0.15, 0.2) is 12.3 Å². The maximum absolute atomic E-state index is 5.03. The van der Waals surface area contributed by atoms with Gasteiger partial charge in [0, 0.05) is 13.5 Å². The van der Waals surface area contributed by atoms with Gasteiger partial charge in [-0.05, 0) is 13.1 Å². The third kappa shape index (κ3) is 4.35. The number of hydrogen-bond donors (Lipinski definition) is 1.